The van der Waals surface area contributed by atoms with Crippen molar-refractivity contribution in [2.45, 2.75) is 44.6 Å². The monoisotopic (exact) mass is 402 g/mol. The average molecular weight is 403 g/mol. The fraction of sp³-hybridized carbons (Fsp3) is 0.500. The van der Waals surface area contributed by atoms with Gasteiger partial charge in [0, 0.05) is 34.6 Å². The minimum atomic E-state index is 0.178. The fourth-order valence-electron chi connectivity index (χ4n) is 3.77. The lowest BCUT2D eigenvalue weighted by Crippen LogP contribution is -2.28. The van der Waals surface area contributed by atoms with E-state index in [0.29, 0.717) is 12.0 Å². The molecule has 2 saturated carbocycles. The van der Waals surface area contributed by atoms with Crippen molar-refractivity contribution in [2.24, 2.45) is 11.8 Å². The summed E-state index contributed by atoms with van der Waals surface area (Å²) in [6.45, 7) is 0.281. The summed E-state index contributed by atoms with van der Waals surface area (Å²) in [5.74, 6) is 0.826. The fourth-order valence-corrected chi connectivity index (χ4v) is 4.13. The Bertz CT molecular complexity index is 796. The van der Waals surface area contributed by atoms with Crippen LogP contribution in [0.25, 0.3) is 10.9 Å². The van der Waals surface area contributed by atoms with E-state index in [1.165, 1.54) is 0 Å². The molecular weight excluding hydrogens is 380 g/mol. The number of halogens is 1. The van der Waals surface area contributed by atoms with Gasteiger partial charge in [-0.2, -0.15) is 0 Å². The molecule has 4 rings (SSSR count). The number of hydrogen-bond acceptors (Lipinski definition) is 4. The van der Waals surface area contributed by atoms with Crippen LogP contribution in [0.2, 0.25) is 0 Å². The number of carbonyl (C=O) groups excluding carboxylic acids is 1. The van der Waals surface area contributed by atoms with Crippen LogP contribution in [-0.2, 0) is 0 Å². The molecule has 0 aliphatic heterocycles. The number of nitrogens with one attached hydrogen (secondary N) is 1. The predicted molar refractivity (Wildman–Crippen MR) is 103 cm³/mol. The van der Waals surface area contributed by atoms with E-state index in [1.54, 1.807) is 6.20 Å². The lowest BCUT2D eigenvalue weighted by molar-refractivity contribution is 0.0968. The Balaban J connectivity index is 1.69. The molecule has 0 atom stereocenters. The van der Waals surface area contributed by atoms with Crippen molar-refractivity contribution in [3.63, 3.8) is 0 Å². The van der Waals surface area contributed by atoms with Gasteiger partial charge in [-0.25, -0.2) is 0 Å². The largest absolute Gasteiger partial charge is 0.396 e. The number of Topliss-reactive ketones (excluding diaryl/α,β-unsaturated/α-hetero) is 1. The Kier molecular flexibility index (Phi) is 4.78. The van der Waals surface area contributed by atoms with E-state index in [4.69, 9.17) is 0 Å². The Morgan fingerprint density at radius 1 is 1.20 bits per heavy atom. The van der Waals surface area contributed by atoms with Crippen LogP contribution >= 0.6 is 15.9 Å². The summed E-state index contributed by atoms with van der Waals surface area (Å²) in [5, 5.41) is 14.0. The number of carbonyl (C=O) groups is 1. The van der Waals surface area contributed by atoms with E-state index in [-0.39, 0.29) is 18.3 Å². The normalized spacial score (nSPS) is 23.6. The van der Waals surface area contributed by atoms with Gasteiger partial charge in [-0.1, -0.05) is 15.9 Å². The van der Waals surface area contributed by atoms with Gasteiger partial charge in [0.15, 0.2) is 5.78 Å². The summed E-state index contributed by atoms with van der Waals surface area (Å²) in [6.07, 6.45) is 7.87. The van der Waals surface area contributed by atoms with Crippen LogP contribution in [0.4, 0.5) is 5.69 Å². The van der Waals surface area contributed by atoms with Crippen LogP contribution in [0, 0.1) is 11.8 Å². The maximum atomic E-state index is 12.8. The molecule has 5 heteroatoms. The second kappa shape index (κ2) is 7.04. The third-order valence-electron chi connectivity index (χ3n) is 5.50. The van der Waals surface area contributed by atoms with Crippen LogP contribution in [0.3, 0.4) is 0 Å². The molecule has 0 bridgehead atoms. The van der Waals surface area contributed by atoms with Crippen LogP contribution < -0.4 is 5.32 Å². The van der Waals surface area contributed by atoms with E-state index < -0.39 is 0 Å². The Hall–Kier alpha value is -1.46. The highest BCUT2D eigenvalue weighted by molar-refractivity contribution is 9.10. The van der Waals surface area contributed by atoms with Gasteiger partial charge in [-0.15, -0.1) is 0 Å². The van der Waals surface area contributed by atoms with Crippen LogP contribution in [0.5, 0.6) is 0 Å². The van der Waals surface area contributed by atoms with Crippen LogP contribution in [0.15, 0.2) is 28.9 Å². The zero-order valence-electron chi connectivity index (χ0n) is 14.2. The van der Waals surface area contributed by atoms with Gasteiger partial charge >= 0.3 is 0 Å². The summed E-state index contributed by atoms with van der Waals surface area (Å²) < 4.78 is 0.991. The number of benzene rings is 1. The van der Waals surface area contributed by atoms with Gasteiger partial charge in [0.2, 0.25) is 0 Å². The number of aliphatic hydroxyl groups is 1. The highest BCUT2D eigenvalue weighted by atomic mass is 79.9. The van der Waals surface area contributed by atoms with Crippen molar-refractivity contribution in [1.82, 2.24) is 4.98 Å². The lowest BCUT2D eigenvalue weighted by Gasteiger charge is -2.29. The van der Waals surface area contributed by atoms with Crippen molar-refractivity contribution >= 4 is 38.3 Å². The van der Waals surface area contributed by atoms with Gasteiger partial charge in [0.25, 0.3) is 0 Å². The second-order valence-electron chi connectivity index (χ2n) is 7.39. The molecule has 1 heterocycles. The molecule has 0 radical (unpaired) electrons. The summed E-state index contributed by atoms with van der Waals surface area (Å²) in [5.41, 5.74) is 2.58. The van der Waals surface area contributed by atoms with Gasteiger partial charge in [-0.05, 0) is 62.6 Å². The number of aliphatic hydroxyl groups excluding tert-OH is 1. The molecule has 4 nitrogen and oxygen atoms in total. The Morgan fingerprint density at radius 3 is 2.64 bits per heavy atom. The molecule has 1 aromatic carbocycles. The number of rotatable bonds is 5. The van der Waals surface area contributed by atoms with Crippen molar-refractivity contribution in [2.75, 3.05) is 11.9 Å². The Morgan fingerprint density at radius 2 is 1.96 bits per heavy atom. The predicted octanol–water partition coefficient (Wildman–Crippen LogP) is 4.55. The quantitative estimate of drug-likeness (QED) is 0.719. The number of pyridine rings is 1. The molecule has 2 N–H and O–H groups in total. The van der Waals surface area contributed by atoms with Gasteiger partial charge in [-0.3, -0.25) is 9.78 Å². The number of ketones is 1. The summed E-state index contributed by atoms with van der Waals surface area (Å²) in [6, 6.07) is 6.36. The number of anilines is 1. The average Bonchev–Trinajstić information content (AvgIpc) is 3.47. The van der Waals surface area contributed by atoms with Crippen LogP contribution in [0.1, 0.15) is 48.9 Å². The molecule has 2 aliphatic carbocycles. The van der Waals surface area contributed by atoms with Gasteiger partial charge in [0.1, 0.15) is 0 Å². The molecule has 132 valence electrons. The molecule has 25 heavy (non-hydrogen) atoms. The maximum absolute atomic E-state index is 12.8. The SMILES string of the molecule is O=C(c1cnc2ccc(Br)cc2c1NC1CCC(CO)CC1)C1CC1. The molecule has 1 aromatic heterocycles. The first-order valence-corrected chi connectivity index (χ1v) is 9.95. The lowest BCUT2D eigenvalue weighted by atomic mass is 9.86. The zero-order valence-corrected chi connectivity index (χ0v) is 15.8. The molecule has 0 unspecified atom stereocenters. The van der Waals surface area contributed by atoms with E-state index in [1.807, 2.05) is 18.2 Å². The molecule has 2 fully saturated rings. The van der Waals surface area contributed by atoms with E-state index in [0.717, 1.165) is 65.2 Å². The summed E-state index contributed by atoms with van der Waals surface area (Å²) >= 11 is 3.54. The van der Waals surface area contributed by atoms with Gasteiger partial charge < -0.3 is 10.4 Å². The minimum absolute atomic E-state index is 0.178. The highest BCUT2D eigenvalue weighted by Gasteiger charge is 2.33. The summed E-state index contributed by atoms with van der Waals surface area (Å²) in [7, 11) is 0. The van der Waals surface area contributed by atoms with Crippen molar-refractivity contribution in [3.8, 4) is 0 Å². The smallest absolute Gasteiger partial charge is 0.169 e. The number of hydrogen-bond donors (Lipinski definition) is 2. The first-order chi connectivity index (χ1) is 12.2. The third kappa shape index (κ3) is 3.58. The molecule has 0 saturated heterocycles. The molecule has 2 aromatic rings. The van der Waals surface area contributed by atoms with Crippen LogP contribution in [-0.4, -0.2) is 28.5 Å². The minimum Gasteiger partial charge on any atom is -0.396 e. The Labute approximate surface area is 156 Å². The van der Waals surface area contributed by atoms with E-state index in [2.05, 4.69) is 26.2 Å². The molecular formula is C20H23BrN2O2. The maximum Gasteiger partial charge on any atom is 0.169 e. The number of aromatic nitrogens is 1. The van der Waals surface area contributed by atoms with E-state index >= 15 is 0 Å². The first-order valence-electron chi connectivity index (χ1n) is 9.15. The molecule has 2 aliphatic rings. The standard InChI is InChI=1S/C20H23BrN2O2/c21-14-5-8-18-16(9-14)19(17(10-22-18)20(25)13-3-4-13)23-15-6-1-12(11-24)2-7-15/h5,8-10,12-13,15,24H,1-4,6-7,11H2,(H,22,23). The summed E-state index contributed by atoms with van der Waals surface area (Å²) in [4.78, 5) is 17.3. The number of nitrogens with zero attached hydrogens (tertiary/aromatic N) is 1. The first kappa shape index (κ1) is 17.0. The molecule has 0 amide bonds. The highest BCUT2D eigenvalue weighted by Crippen LogP contribution is 2.38. The third-order valence-corrected chi connectivity index (χ3v) is 5.99. The topological polar surface area (TPSA) is 62.2 Å². The van der Waals surface area contributed by atoms with Crippen molar-refractivity contribution in [1.29, 1.82) is 0 Å². The second-order valence-corrected chi connectivity index (χ2v) is 8.31. The zero-order chi connectivity index (χ0) is 17.4. The van der Waals surface area contributed by atoms with E-state index in [9.17, 15) is 9.90 Å². The van der Waals surface area contributed by atoms with Gasteiger partial charge in [0.05, 0.1) is 16.8 Å². The number of fused-ring (bicyclic) bond motifs is 1. The van der Waals surface area contributed by atoms with Crippen molar-refractivity contribution < 1.29 is 9.90 Å². The molecule has 0 spiro atoms. The van der Waals surface area contributed by atoms with Crippen molar-refractivity contribution in [3.05, 3.63) is 34.4 Å².